The van der Waals surface area contributed by atoms with Crippen molar-refractivity contribution in [2.45, 2.75) is 0 Å². The Morgan fingerprint density at radius 2 is 0.308 bits per heavy atom. The second kappa shape index (κ2) is 236. The maximum atomic E-state index is 0. The molecule has 0 aliphatic carbocycles. The Morgan fingerprint density at radius 1 is 0.308 bits per heavy atom. The number of rotatable bonds is 0. The molecule has 0 spiro atoms. The van der Waals surface area contributed by atoms with Gasteiger partial charge in [0.1, 0.15) is 0 Å². The third kappa shape index (κ3) is 205. The van der Waals surface area contributed by atoms with Gasteiger partial charge in [-0.15, -0.1) is 0 Å². The zero-order valence-corrected chi connectivity index (χ0v) is 19.5. The fourth-order valence-electron chi connectivity index (χ4n) is 0. The number of hydrogen-bond donors (Lipinski definition) is 0. The van der Waals surface area contributed by atoms with E-state index in [1.54, 1.807) is 0 Å². The minimum Gasteiger partial charge on any atom is -2.00 e. The summed E-state index contributed by atoms with van der Waals surface area (Å²) in [5.74, 6) is 0. The van der Waals surface area contributed by atoms with Crippen molar-refractivity contribution < 1.29 is 131 Å². The monoisotopic (exact) mass is 502 g/mol. The minimum atomic E-state index is 0. The van der Waals surface area contributed by atoms with Gasteiger partial charge in [0, 0.05) is 0 Å². The summed E-state index contributed by atoms with van der Waals surface area (Å²) < 4.78 is 0. The molecule has 0 fully saturated rings. The largest absolute Gasteiger partial charge is 4.00 e. The van der Waals surface area contributed by atoms with Crippen LogP contribution in [0.1, 0.15) is 0 Å². The summed E-state index contributed by atoms with van der Waals surface area (Å²) in [5.41, 5.74) is 0. The van der Waals surface area contributed by atoms with E-state index >= 15 is 0 Å². The molecule has 7 nitrogen and oxygen atoms in total. The van der Waals surface area contributed by atoms with Gasteiger partial charge in [0.25, 0.3) is 0 Å². The third-order valence-electron chi connectivity index (χ3n) is 0. The van der Waals surface area contributed by atoms with Gasteiger partial charge in [-0.25, -0.2) is 0 Å². The van der Waals surface area contributed by atoms with Crippen molar-refractivity contribution >= 4 is 35.2 Å². The van der Waals surface area contributed by atoms with Crippen molar-refractivity contribution in [3.05, 3.63) is 0 Å². The second-order valence-electron chi connectivity index (χ2n) is 0. The van der Waals surface area contributed by atoms with Crippen LogP contribution >= 0.6 is 0 Å². The van der Waals surface area contributed by atoms with Crippen molar-refractivity contribution in [3.63, 3.8) is 0 Å². The van der Waals surface area contributed by atoms with Gasteiger partial charge in [-0.3, -0.25) is 0 Å². The van der Waals surface area contributed by atoms with Crippen LogP contribution in [0.25, 0.3) is 0 Å². The Balaban J connectivity index is 0. The van der Waals surface area contributed by atoms with Crippen LogP contribution in [0.2, 0.25) is 0 Å². The number of hydrogen-bond acceptors (Lipinski definition) is 0. The molecular weight excluding hydrogens is 496 g/mol. The fourth-order valence-corrected chi connectivity index (χ4v) is 0. The normalized spacial score (nSPS) is 0. The maximum Gasteiger partial charge on any atom is 4.00 e. The average molecular weight is 496 g/mol. The Bertz CT molecular complexity index is 22.5. The van der Waals surface area contributed by atoms with Gasteiger partial charge in [0.2, 0.25) is 0 Å². The Hall–Kier alpha value is 3.84. The molecule has 0 N–H and O–H groups in total. The summed E-state index contributed by atoms with van der Waals surface area (Å²) in [5, 5.41) is 0. The fraction of sp³-hybridized carbons (Fsp3) is 0. The molecule has 0 heterocycles. The molecule has 0 aliphatic rings. The van der Waals surface area contributed by atoms with Crippen molar-refractivity contribution in [3.8, 4) is 0 Å². The van der Waals surface area contributed by atoms with E-state index < -0.39 is 0 Å². The van der Waals surface area contributed by atoms with Crippen LogP contribution < -0.4 is 37.7 Å². The first-order chi connectivity index (χ1) is 0. The molecule has 0 unspecified atom stereocenters. The summed E-state index contributed by atoms with van der Waals surface area (Å²) in [6, 6.07) is 0. The Labute approximate surface area is 163 Å². The summed E-state index contributed by atoms with van der Waals surface area (Å²) in [4.78, 5) is 0. The minimum absolute atomic E-state index is 0. The van der Waals surface area contributed by atoms with Crippen LogP contribution in [0.3, 0.4) is 0 Å². The average Bonchev–Trinajstić information content (AvgIpc) is 0. The van der Waals surface area contributed by atoms with Crippen LogP contribution in [-0.4, -0.2) is 35.2 Å². The van der Waals surface area contributed by atoms with Gasteiger partial charge in [0.15, 0.2) is 0 Å². The maximum absolute atomic E-state index is 0. The third-order valence-corrected chi connectivity index (χ3v) is 0. The van der Waals surface area contributed by atoms with Crippen LogP contribution in [0.4, 0.5) is 0 Å². The summed E-state index contributed by atoms with van der Waals surface area (Å²) >= 11 is 0. The Kier molecular flexibility index (Phi) is 5200. The molecule has 0 aliphatic heterocycles. The first-order valence-corrected chi connectivity index (χ1v) is 0. The molecule has 0 aromatic carbocycles. The van der Waals surface area contributed by atoms with Gasteiger partial charge in [-0.2, -0.15) is 0 Å². The van der Waals surface area contributed by atoms with Crippen molar-refractivity contribution in [2.75, 3.05) is 0 Å². The van der Waals surface area contributed by atoms with Gasteiger partial charge in [0.05, 0.1) is 0 Å². The predicted octanol–water partition coefficient (Wildman–Crippen LogP) is -7.59. The molecule has 13 heavy (non-hydrogen) atoms. The first-order valence-electron chi connectivity index (χ1n) is 0. The van der Waals surface area contributed by atoms with Gasteiger partial charge in [-0.1, -0.05) is 0 Å². The molecule has 0 saturated carbocycles. The van der Waals surface area contributed by atoms with E-state index in [0.717, 1.165) is 0 Å². The van der Waals surface area contributed by atoms with Crippen LogP contribution in [-0.2, 0) is 92.9 Å². The second-order valence-corrected chi connectivity index (χ2v) is 0. The summed E-state index contributed by atoms with van der Waals surface area (Å²) in [6.07, 6.45) is 0. The van der Waals surface area contributed by atoms with E-state index in [1.165, 1.54) is 0 Å². The standard InChI is InChI=1S/2Cd.2Ge.2Li.7O/q2*+2;2*+4;2*+1;7*-2. The molecule has 0 rings (SSSR count). The molecule has 0 aromatic heterocycles. The van der Waals surface area contributed by atoms with E-state index in [0.29, 0.717) is 0 Å². The van der Waals surface area contributed by atoms with Gasteiger partial charge in [-0.05, 0) is 0 Å². The smallest absolute Gasteiger partial charge is 2.00 e. The van der Waals surface area contributed by atoms with Crippen LogP contribution in [0.5, 0.6) is 0 Å². The molecule has 0 atom stereocenters. The first kappa shape index (κ1) is 286. The van der Waals surface area contributed by atoms with E-state index in [4.69, 9.17) is 0 Å². The molecule has 0 amide bonds. The molecule has 0 radical (unpaired) electrons. The molecule has 13 heteroatoms. The van der Waals surface area contributed by atoms with Crippen LogP contribution in [0, 0.1) is 0 Å². The van der Waals surface area contributed by atoms with E-state index in [9.17, 15) is 0 Å². The predicted molar refractivity (Wildman–Crippen MR) is 16.3 cm³/mol. The zero-order chi connectivity index (χ0) is 0. The Morgan fingerprint density at radius 3 is 0.308 bits per heavy atom. The molecule has 0 aromatic rings. The SMILES string of the molecule is [Cd+2].[Cd+2].[Ge+4].[Ge+4].[Li+].[Li+].[O-2].[O-2].[O-2].[O-2].[O-2].[O-2].[O-2]. The van der Waals surface area contributed by atoms with Gasteiger partial charge >= 0.3 is 128 Å². The van der Waals surface area contributed by atoms with E-state index in [-0.39, 0.29) is 166 Å². The van der Waals surface area contributed by atoms with Crippen LogP contribution in [0.15, 0.2) is 0 Å². The zero-order valence-electron chi connectivity index (χ0n) is 7.27. The van der Waals surface area contributed by atoms with Crippen molar-refractivity contribution in [1.29, 1.82) is 0 Å². The molecule has 0 bridgehead atoms. The molecule has 0 saturated heterocycles. The van der Waals surface area contributed by atoms with Crippen molar-refractivity contribution in [2.24, 2.45) is 0 Å². The van der Waals surface area contributed by atoms with E-state index in [1.807, 2.05) is 0 Å². The molecular formula is Cd2Ge2Li2O7. The topological polar surface area (TPSA) is 200 Å². The van der Waals surface area contributed by atoms with Crippen molar-refractivity contribution in [1.82, 2.24) is 0 Å². The quantitative estimate of drug-likeness (QED) is 0.288. The summed E-state index contributed by atoms with van der Waals surface area (Å²) in [7, 11) is 0. The molecule has 56 valence electrons. The van der Waals surface area contributed by atoms with E-state index in [2.05, 4.69) is 0 Å². The summed E-state index contributed by atoms with van der Waals surface area (Å²) in [6.45, 7) is 0. The van der Waals surface area contributed by atoms with Gasteiger partial charge < -0.3 is 38.3 Å².